The highest BCUT2D eigenvalue weighted by Crippen LogP contribution is 2.09. The lowest BCUT2D eigenvalue weighted by molar-refractivity contribution is -0.135. The molecule has 0 bridgehead atoms. The van der Waals surface area contributed by atoms with Crippen LogP contribution in [0.5, 0.6) is 0 Å². The van der Waals surface area contributed by atoms with Gasteiger partial charge in [-0.2, -0.15) is 4.79 Å². The van der Waals surface area contributed by atoms with Gasteiger partial charge in [0.05, 0.1) is 0 Å². The summed E-state index contributed by atoms with van der Waals surface area (Å²) in [4.78, 5) is 10.2. The van der Waals surface area contributed by atoms with Gasteiger partial charge in [-0.3, -0.25) is 0 Å². The maximum Gasteiger partial charge on any atom is 0.496 e. The van der Waals surface area contributed by atoms with E-state index in [1.54, 1.807) is 6.42 Å². The summed E-state index contributed by atoms with van der Waals surface area (Å²) in [7, 11) is 0. The Morgan fingerprint density at radius 1 is 2.00 bits per heavy atom. The Labute approximate surface area is 42.5 Å². The second-order valence-electron chi connectivity index (χ2n) is 1.77. The lowest BCUT2D eigenvalue weighted by Gasteiger charge is -1.79. The number of esters is 1. The summed E-state index contributed by atoms with van der Waals surface area (Å²) in [6.45, 7) is 2.52. The Kier molecular flexibility index (Phi) is 0.929. The molecule has 1 aliphatic rings. The molecule has 0 N–H and O–H groups in total. The van der Waals surface area contributed by atoms with Crippen molar-refractivity contribution in [1.82, 2.24) is 0 Å². The lowest BCUT2D eigenvalue weighted by atomic mass is 10.2. The highest BCUT2D eigenvalue weighted by atomic mass is 16.5. The summed E-state index contributed by atoms with van der Waals surface area (Å²) < 4.78 is 4.57. The molecule has 0 unspecified atom stereocenters. The minimum atomic E-state index is -0.174. The van der Waals surface area contributed by atoms with Gasteiger partial charge in [0.2, 0.25) is 6.42 Å². The zero-order chi connectivity index (χ0) is 5.28. The van der Waals surface area contributed by atoms with Crippen LogP contribution in [-0.2, 0) is 9.53 Å². The normalized spacial score (nSPS) is 29.3. The summed E-state index contributed by atoms with van der Waals surface area (Å²) in [6.07, 6.45) is 1.58. The zero-order valence-corrected chi connectivity index (χ0v) is 4.18. The molecule has 0 spiro atoms. The first-order valence-electron chi connectivity index (χ1n) is 2.30. The smallest absolute Gasteiger partial charge is 0.425 e. The van der Waals surface area contributed by atoms with E-state index in [-0.39, 0.29) is 5.97 Å². The van der Waals surface area contributed by atoms with Gasteiger partial charge < -0.3 is 4.74 Å². The van der Waals surface area contributed by atoms with Crippen LogP contribution in [0.1, 0.15) is 6.92 Å². The number of hydrogen-bond donors (Lipinski definition) is 0. The van der Waals surface area contributed by atoms with Gasteiger partial charge >= 0.3 is 5.97 Å². The molecule has 1 fully saturated rings. The van der Waals surface area contributed by atoms with Gasteiger partial charge in [-0.1, -0.05) is 0 Å². The van der Waals surface area contributed by atoms with Crippen LogP contribution in [0.15, 0.2) is 0 Å². The van der Waals surface area contributed by atoms with Gasteiger partial charge in [0.1, 0.15) is 12.5 Å². The predicted molar refractivity (Wildman–Crippen MR) is 24.4 cm³/mol. The third-order valence-electron chi connectivity index (χ3n) is 0.909. The van der Waals surface area contributed by atoms with Crippen LogP contribution in [0.2, 0.25) is 0 Å². The standard InChI is InChI=1S/C5H7O2/c1-4-2-5(6)7-3-4/h2,4H,3H2,1H3/q+1/t4-/m0/s1. The topological polar surface area (TPSA) is 26.3 Å². The maximum absolute atomic E-state index is 10.2. The van der Waals surface area contributed by atoms with Crippen molar-refractivity contribution in [1.29, 1.82) is 0 Å². The molecular weight excluding hydrogens is 92.1 g/mol. The largest absolute Gasteiger partial charge is 0.496 e. The van der Waals surface area contributed by atoms with Crippen LogP contribution in [0, 0.1) is 12.3 Å². The zero-order valence-electron chi connectivity index (χ0n) is 4.18. The van der Waals surface area contributed by atoms with Crippen LogP contribution in [0.3, 0.4) is 0 Å². The molecule has 1 rings (SSSR count). The van der Waals surface area contributed by atoms with Crippen molar-refractivity contribution in [2.24, 2.45) is 5.92 Å². The van der Waals surface area contributed by atoms with Gasteiger partial charge in [-0.15, -0.1) is 0 Å². The molecule has 0 aromatic rings. The van der Waals surface area contributed by atoms with Crippen LogP contribution >= 0.6 is 0 Å². The van der Waals surface area contributed by atoms with Gasteiger partial charge in [-0.25, -0.2) is 0 Å². The SMILES string of the molecule is C[C@H]1[CH+]C(=O)OC1. The molecule has 0 amide bonds. The van der Waals surface area contributed by atoms with Crippen LogP contribution in [0.25, 0.3) is 0 Å². The van der Waals surface area contributed by atoms with Crippen LogP contribution in [0.4, 0.5) is 0 Å². The highest BCUT2D eigenvalue weighted by molar-refractivity contribution is 5.81. The second-order valence-corrected chi connectivity index (χ2v) is 1.77. The Bertz CT molecular complexity index is 88.1. The van der Waals surface area contributed by atoms with Crippen molar-refractivity contribution in [3.8, 4) is 0 Å². The number of cyclic esters (lactones) is 1. The third kappa shape index (κ3) is 0.856. The summed E-state index contributed by atoms with van der Waals surface area (Å²) in [5.74, 6) is 0.153. The molecule has 1 aliphatic heterocycles. The van der Waals surface area contributed by atoms with Crippen molar-refractivity contribution in [2.75, 3.05) is 6.61 Å². The van der Waals surface area contributed by atoms with E-state index in [1.165, 1.54) is 0 Å². The molecule has 0 saturated carbocycles. The fourth-order valence-electron chi connectivity index (χ4n) is 0.542. The number of carbonyl (C=O) groups is 1. The average Bonchev–Trinajstić information content (AvgIpc) is 1.87. The lowest BCUT2D eigenvalue weighted by Crippen LogP contribution is -1.90. The van der Waals surface area contributed by atoms with E-state index in [9.17, 15) is 4.79 Å². The monoisotopic (exact) mass is 99.0 g/mol. The van der Waals surface area contributed by atoms with E-state index in [4.69, 9.17) is 0 Å². The Hall–Kier alpha value is -0.660. The van der Waals surface area contributed by atoms with Gasteiger partial charge in [-0.05, 0) is 6.92 Å². The molecule has 1 saturated heterocycles. The van der Waals surface area contributed by atoms with Crippen molar-refractivity contribution in [3.05, 3.63) is 6.42 Å². The molecule has 0 aliphatic carbocycles. The number of ether oxygens (including phenoxy) is 1. The van der Waals surface area contributed by atoms with E-state index in [0.29, 0.717) is 12.5 Å². The van der Waals surface area contributed by atoms with Crippen LogP contribution in [-0.4, -0.2) is 12.6 Å². The minimum Gasteiger partial charge on any atom is -0.425 e. The van der Waals surface area contributed by atoms with Crippen molar-refractivity contribution >= 4 is 5.97 Å². The molecule has 0 aromatic carbocycles. The van der Waals surface area contributed by atoms with Crippen molar-refractivity contribution in [2.45, 2.75) is 6.92 Å². The highest BCUT2D eigenvalue weighted by Gasteiger charge is 2.30. The van der Waals surface area contributed by atoms with Crippen LogP contribution < -0.4 is 0 Å². The number of carbonyl (C=O) groups excluding carboxylic acids is 1. The summed E-state index contributed by atoms with van der Waals surface area (Å²) in [6, 6.07) is 0. The van der Waals surface area contributed by atoms with Gasteiger partial charge in [0, 0.05) is 0 Å². The van der Waals surface area contributed by atoms with E-state index in [1.807, 2.05) is 6.92 Å². The minimum absolute atomic E-state index is 0.174. The molecule has 2 heteroatoms. The molecule has 1 atom stereocenters. The molecule has 1 heterocycles. The average molecular weight is 99.1 g/mol. The Morgan fingerprint density at radius 2 is 2.71 bits per heavy atom. The van der Waals surface area contributed by atoms with Gasteiger partial charge in [0.15, 0.2) is 0 Å². The van der Waals surface area contributed by atoms with Crippen molar-refractivity contribution < 1.29 is 9.53 Å². The molecule has 0 aromatic heterocycles. The number of hydrogen-bond acceptors (Lipinski definition) is 2. The molecule has 2 nitrogen and oxygen atoms in total. The van der Waals surface area contributed by atoms with Gasteiger partial charge in [0.25, 0.3) is 0 Å². The van der Waals surface area contributed by atoms with E-state index >= 15 is 0 Å². The first-order chi connectivity index (χ1) is 3.29. The van der Waals surface area contributed by atoms with E-state index in [0.717, 1.165) is 0 Å². The first kappa shape index (κ1) is 4.50. The molecule has 38 valence electrons. The molecular formula is C5H7O2+. The van der Waals surface area contributed by atoms with E-state index in [2.05, 4.69) is 4.74 Å². The van der Waals surface area contributed by atoms with E-state index < -0.39 is 0 Å². The fraction of sp³-hybridized carbons (Fsp3) is 0.600. The fourth-order valence-corrected chi connectivity index (χ4v) is 0.542. The summed E-state index contributed by atoms with van der Waals surface area (Å²) in [5.41, 5.74) is 0. The Morgan fingerprint density at radius 3 is 2.86 bits per heavy atom. The number of rotatable bonds is 0. The molecule has 0 radical (unpaired) electrons. The molecule has 7 heavy (non-hydrogen) atoms. The summed E-state index contributed by atoms with van der Waals surface area (Å²) in [5, 5.41) is 0. The summed E-state index contributed by atoms with van der Waals surface area (Å²) >= 11 is 0. The first-order valence-corrected chi connectivity index (χ1v) is 2.30. The Balaban J connectivity index is 2.40. The second kappa shape index (κ2) is 1.45. The van der Waals surface area contributed by atoms with Crippen molar-refractivity contribution in [3.63, 3.8) is 0 Å². The quantitative estimate of drug-likeness (QED) is 0.324. The maximum atomic E-state index is 10.2. The predicted octanol–water partition coefficient (Wildman–Crippen LogP) is 0.384. The third-order valence-corrected chi connectivity index (χ3v) is 0.909.